The summed E-state index contributed by atoms with van der Waals surface area (Å²) in [7, 11) is 0. The minimum absolute atomic E-state index is 0.440. The third-order valence-corrected chi connectivity index (χ3v) is 3.15. The highest BCUT2D eigenvalue weighted by atomic mass is 79.9. The smallest absolute Gasteiger partial charge is 0.102 e. The van der Waals surface area contributed by atoms with Crippen LogP contribution in [0, 0.1) is 5.92 Å². The zero-order valence-corrected chi connectivity index (χ0v) is 12.1. The molecule has 0 aliphatic heterocycles. The van der Waals surface area contributed by atoms with Gasteiger partial charge in [-0.2, -0.15) is 5.10 Å². The molecule has 0 aliphatic rings. The predicted molar refractivity (Wildman–Crippen MR) is 69.4 cm³/mol. The Labute approximate surface area is 106 Å². The van der Waals surface area contributed by atoms with Gasteiger partial charge in [0, 0.05) is 18.8 Å². The second-order valence-corrected chi connectivity index (χ2v) is 5.42. The molecule has 0 bridgehead atoms. The number of nitrogens with zero attached hydrogens (tertiary/aromatic N) is 2. The molecular weight excluding hydrogens is 268 g/mol. The van der Waals surface area contributed by atoms with E-state index in [9.17, 15) is 0 Å². The van der Waals surface area contributed by atoms with Crippen LogP contribution in [-0.2, 0) is 11.3 Å². The van der Waals surface area contributed by atoms with Gasteiger partial charge in [0.1, 0.15) is 5.69 Å². The summed E-state index contributed by atoms with van der Waals surface area (Å²) in [6.45, 7) is 9.98. The molecule has 4 heteroatoms. The van der Waals surface area contributed by atoms with Gasteiger partial charge in [-0.3, -0.25) is 4.68 Å². The third kappa shape index (κ3) is 3.91. The summed E-state index contributed by atoms with van der Waals surface area (Å²) < 4.78 is 8.62. The summed E-state index contributed by atoms with van der Waals surface area (Å²) in [5.41, 5.74) is 0.987. The van der Waals surface area contributed by atoms with Gasteiger partial charge < -0.3 is 4.74 Å². The zero-order chi connectivity index (χ0) is 12.1. The van der Waals surface area contributed by atoms with E-state index in [1.54, 1.807) is 0 Å². The lowest BCUT2D eigenvalue weighted by Crippen LogP contribution is -2.06. The van der Waals surface area contributed by atoms with E-state index in [1.165, 1.54) is 0 Å². The van der Waals surface area contributed by atoms with E-state index in [4.69, 9.17) is 4.74 Å². The zero-order valence-electron chi connectivity index (χ0n) is 10.5. The van der Waals surface area contributed by atoms with Crippen LogP contribution in [-0.4, -0.2) is 16.4 Å². The fraction of sp³-hybridized carbons (Fsp3) is 0.750. The van der Waals surface area contributed by atoms with Gasteiger partial charge in [-0.05, 0) is 35.2 Å². The number of hydrogen-bond donors (Lipinski definition) is 0. The topological polar surface area (TPSA) is 27.1 Å². The molecular formula is C12H21BrN2O. The Morgan fingerprint density at radius 1 is 1.44 bits per heavy atom. The van der Waals surface area contributed by atoms with Crippen molar-refractivity contribution in [2.75, 3.05) is 6.61 Å². The summed E-state index contributed by atoms with van der Waals surface area (Å²) >= 11 is 3.52. The molecule has 1 rings (SSSR count). The van der Waals surface area contributed by atoms with Crippen LogP contribution in [0.1, 0.15) is 45.9 Å². The first-order valence-electron chi connectivity index (χ1n) is 5.85. The Balaban J connectivity index is 2.56. The highest BCUT2D eigenvalue weighted by Gasteiger charge is 2.10. The maximum atomic E-state index is 5.58. The molecule has 1 aromatic heterocycles. The Hall–Kier alpha value is -0.350. The van der Waals surface area contributed by atoms with E-state index in [2.05, 4.69) is 48.7 Å². The van der Waals surface area contributed by atoms with Crippen molar-refractivity contribution in [3.05, 3.63) is 16.4 Å². The molecule has 3 nitrogen and oxygen atoms in total. The van der Waals surface area contributed by atoms with Crippen molar-refractivity contribution in [3.8, 4) is 0 Å². The number of ether oxygens (including phenoxy) is 1. The van der Waals surface area contributed by atoms with Crippen molar-refractivity contribution in [2.45, 2.75) is 46.8 Å². The fourth-order valence-electron chi connectivity index (χ4n) is 1.31. The summed E-state index contributed by atoms with van der Waals surface area (Å²) in [4.78, 5) is 0. The van der Waals surface area contributed by atoms with E-state index in [-0.39, 0.29) is 0 Å². The molecule has 0 radical (unpaired) electrons. The lowest BCUT2D eigenvalue weighted by Gasteiger charge is -2.08. The second-order valence-electron chi connectivity index (χ2n) is 4.57. The molecule has 1 atom stereocenters. The Morgan fingerprint density at radius 3 is 2.69 bits per heavy atom. The minimum atomic E-state index is 0.440. The maximum Gasteiger partial charge on any atom is 0.102 e. The summed E-state index contributed by atoms with van der Waals surface area (Å²) in [6.07, 6.45) is 3.11. The molecule has 92 valence electrons. The third-order valence-electron chi connectivity index (χ3n) is 2.49. The van der Waals surface area contributed by atoms with Crippen LogP contribution in [0.2, 0.25) is 0 Å². The van der Waals surface area contributed by atoms with E-state index in [0.717, 1.165) is 23.2 Å². The van der Waals surface area contributed by atoms with Crippen molar-refractivity contribution in [1.82, 2.24) is 9.78 Å². The lowest BCUT2D eigenvalue weighted by atomic mass is 10.2. The summed E-state index contributed by atoms with van der Waals surface area (Å²) in [6, 6.07) is 0.440. The highest BCUT2D eigenvalue weighted by Crippen LogP contribution is 2.19. The van der Waals surface area contributed by atoms with Crippen LogP contribution in [0.15, 0.2) is 10.7 Å². The monoisotopic (exact) mass is 288 g/mol. The van der Waals surface area contributed by atoms with Crippen LogP contribution < -0.4 is 0 Å². The molecule has 0 unspecified atom stereocenters. The first-order chi connectivity index (χ1) is 7.54. The molecule has 0 aromatic carbocycles. The average molecular weight is 289 g/mol. The van der Waals surface area contributed by atoms with Crippen LogP contribution in [0.25, 0.3) is 0 Å². The van der Waals surface area contributed by atoms with Crippen molar-refractivity contribution in [1.29, 1.82) is 0 Å². The molecule has 0 amide bonds. The van der Waals surface area contributed by atoms with Crippen LogP contribution >= 0.6 is 15.9 Å². The number of rotatable bonds is 6. The Morgan fingerprint density at radius 2 is 2.12 bits per heavy atom. The average Bonchev–Trinajstić information content (AvgIpc) is 2.59. The van der Waals surface area contributed by atoms with Gasteiger partial charge in [-0.1, -0.05) is 20.8 Å². The standard InChI is InChI=1S/C12H21BrN2O/c1-5-10(4)15-6-11(13)12(14-15)8-16-7-9(2)3/h6,9-10H,5,7-8H2,1-4H3/t10-/m1/s1. The van der Waals surface area contributed by atoms with Gasteiger partial charge in [-0.25, -0.2) is 0 Å². The fourth-order valence-corrected chi connectivity index (χ4v) is 1.71. The van der Waals surface area contributed by atoms with E-state index in [1.807, 2.05) is 10.9 Å². The number of hydrogen-bond acceptors (Lipinski definition) is 2. The molecule has 16 heavy (non-hydrogen) atoms. The SMILES string of the molecule is CC[C@@H](C)n1cc(Br)c(COCC(C)C)n1. The van der Waals surface area contributed by atoms with E-state index >= 15 is 0 Å². The van der Waals surface area contributed by atoms with Crippen molar-refractivity contribution in [2.24, 2.45) is 5.92 Å². The molecule has 0 aliphatic carbocycles. The molecule has 1 aromatic rings. The normalized spacial score (nSPS) is 13.4. The van der Waals surface area contributed by atoms with Crippen LogP contribution in [0.4, 0.5) is 0 Å². The minimum Gasteiger partial charge on any atom is -0.375 e. The van der Waals surface area contributed by atoms with Gasteiger partial charge >= 0.3 is 0 Å². The molecule has 0 spiro atoms. The maximum absolute atomic E-state index is 5.58. The Kier molecular flexibility index (Phi) is 5.49. The van der Waals surface area contributed by atoms with Crippen molar-refractivity contribution < 1.29 is 4.74 Å². The van der Waals surface area contributed by atoms with Crippen LogP contribution in [0.3, 0.4) is 0 Å². The van der Waals surface area contributed by atoms with E-state index < -0.39 is 0 Å². The molecule has 0 saturated heterocycles. The molecule has 0 fully saturated rings. The van der Waals surface area contributed by atoms with Crippen molar-refractivity contribution >= 4 is 15.9 Å². The first kappa shape index (κ1) is 13.7. The number of aromatic nitrogens is 2. The highest BCUT2D eigenvalue weighted by molar-refractivity contribution is 9.10. The van der Waals surface area contributed by atoms with Gasteiger partial charge in [0.2, 0.25) is 0 Å². The molecule has 0 saturated carbocycles. The summed E-state index contributed by atoms with van der Waals surface area (Å²) in [5.74, 6) is 0.565. The quantitative estimate of drug-likeness (QED) is 0.796. The molecule has 1 heterocycles. The largest absolute Gasteiger partial charge is 0.375 e. The number of halogens is 1. The van der Waals surface area contributed by atoms with Gasteiger partial charge in [0.15, 0.2) is 0 Å². The predicted octanol–water partition coefficient (Wildman–Crippen LogP) is 3.79. The second kappa shape index (κ2) is 6.40. The first-order valence-corrected chi connectivity index (χ1v) is 6.65. The summed E-state index contributed by atoms with van der Waals surface area (Å²) in [5, 5.41) is 4.52. The molecule has 0 N–H and O–H groups in total. The van der Waals surface area contributed by atoms with Gasteiger partial charge in [0.25, 0.3) is 0 Å². The van der Waals surface area contributed by atoms with Crippen molar-refractivity contribution in [3.63, 3.8) is 0 Å². The van der Waals surface area contributed by atoms with Crippen LogP contribution in [0.5, 0.6) is 0 Å². The lowest BCUT2D eigenvalue weighted by molar-refractivity contribution is 0.0939. The Bertz CT molecular complexity index is 323. The van der Waals surface area contributed by atoms with Gasteiger partial charge in [-0.15, -0.1) is 0 Å². The van der Waals surface area contributed by atoms with Gasteiger partial charge in [0.05, 0.1) is 11.1 Å². The van der Waals surface area contributed by atoms with E-state index in [0.29, 0.717) is 18.6 Å².